The first-order valence-corrected chi connectivity index (χ1v) is 10.1. The van der Waals surface area contributed by atoms with Crippen molar-refractivity contribution < 1.29 is 24.2 Å². The maximum atomic E-state index is 11.9. The van der Waals surface area contributed by atoms with Crippen molar-refractivity contribution in [1.82, 2.24) is 20.5 Å². The number of methoxy groups -OCH3 is 1. The third kappa shape index (κ3) is 5.52. The molecule has 0 radical (unpaired) electrons. The minimum atomic E-state index is -1.14. The molecule has 12 heteroatoms. The van der Waals surface area contributed by atoms with E-state index in [2.05, 4.69) is 31.1 Å². The lowest BCUT2D eigenvalue weighted by molar-refractivity contribution is 0.0625. The molecular formula is C20H27N7O5. The van der Waals surface area contributed by atoms with Gasteiger partial charge in [0.15, 0.2) is 11.5 Å². The molecule has 172 valence electrons. The summed E-state index contributed by atoms with van der Waals surface area (Å²) < 4.78 is 10.7. The molecule has 0 aromatic carbocycles. The fourth-order valence-electron chi connectivity index (χ4n) is 3.40. The molecule has 0 spiro atoms. The number of nitrogens with one attached hydrogen (secondary N) is 3. The van der Waals surface area contributed by atoms with Gasteiger partial charge in [-0.05, 0) is 24.5 Å². The zero-order valence-electron chi connectivity index (χ0n) is 18.1. The van der Waals surface area contributed by atoms with Crippen LogP contribution in [-0.2, 0) is 4.74 Å². The molecule has 32 heavy (non-hydrogen) atoms. The molecule has 2 aromatic heterocycles. The van der Waals surface area contributed by atoms with E-state index in [-0.39, 0.29) is 24.3 Å². The normalized spacial score (nSPS) is 18.1. The van der Waals surface area contributed by atoms with E-state index >= 15 is 0 Å². The summed E-state index contributed by atoms with van der Waals surface area (Å²) in [7, 11) is 1.54. The third-order valence-electron chi connectivity index (χ3n) is 4.99. The van der Waals surface area contributed by atoms with Crippen LogP contribution in [0.3, 0.4) is 0 Å². The van der Waals surface area contributed by atoms with Gasteiger partial charge >= 0.3 is 6.09 Å². The molecule has 0 unspecified atom stereocenters. The Morgan fingerprint density at radius 3 is 2.69 bits per heavy atom. The molecule has 1 fully saturated rings. The van der Waals surface area contributed by atoms with Crippen molar-refractivity contribution in [3.63, 3.8) is 0 Å². The van der Waals surface area contributed by atoms with Gasteiger partial charge in [-0.25, -0.2) is 4.79 Å². The number of primary amides is 1. The maximum Gasteiger partial charge on any atom is 0.405 e. The lowest BCUT2D eigenvalue weighted by Gasteiger charge is -2.32. The van der Waals surface area contributed by atoms with Crippen LogP contribution in [0.1, 0.15) is 42.2 Å². The fourth-order valence-corrected chi connectivity index (χ4v) is 3.40. The molecule has 3 heterocycles. The van der Waals surface area contributed by atoms with Crippen LogP contribution in [0.5, 0.6) is 5.88 Å². The second-order valence-corrected chi connectivity index (χ2v) is 7.60. The molecular weight excluding hydrogens is 418 g/mol. The predicted molar refractivity (Wildman–Crippen MR) is 117 cm³/mol. The Hall–Kier alpha value is -3.67. The number of carboxylic acid groups (broad SMARTS) is 1. The summed E-state index contributed by atoms with van der Waals surface area (Å²) in [5.74, 6) is 0.707. The number of amides is 2. The van der Waals surface area contributed by atoms with Gasteiger partial charge in [0.1, 0.15) is 5.82 Å². The molecule has 1 aliphatic heterocycles. The molecule has 2 atom stereocenters. The van der Waals surface area contributed by atoms with E-state index in [1.807, 2.05) is 19.9 Å². The number of nitrogens with two attached hydrogens (primary N) is 1. The highest BCUT2D eigenvalue weighted by Crippen LogP contribution is 2.28. The Labute approximate surface area is 184 Å². The standard InChI is InChI=1S/C20H27N7O5/c1-10(2)11-4-5-15(25-19(11)31-3)23-13-8-16(26-27-17(13)18(21)28)22-12-6-7-32-9-14(12)24-20(29)30/h4-5,8,10,12,14,24H,6-7,9H2,1-3H3,(H2,21,28)(H,29,30)(H2,22,23,25,26)/t12-,14+/m1/s1. The Morgan fingerprint density at radius 2 is 2.03 bits per heavy atom. The number of hydrogen-bond acceptors (Lipinski definition) is 9. The second-order valence-electron chi connectivity index (χ2n) is 7.60. The number of rotatable bonds is 8. The number of pyridine rings is 1. The lowest BCUT2D eigenvalue weighted by atomic mass is 10.0. The Bertz CT molecular complexity index is 985. The summed E-state index contributed by atoms with van der Waals surface area (Å²) >= 11 is 0. The quantitative estimate of drug-likeness (QED) is 0.402. The first-order chi connectivity index (χ1) is 15.3. The maximum absolute atomic E-state index is 11.9. The predicted octanol–water partition coefficient (Wildman–Crippen LogP) is 1.68. The Morgan fingerprint density at radius 1 is 1.25 bits per heavy atom. The van der Waals surface area contributed by atoms with Crippen molar-refractivity contribution in [2.24, 2.45) is 5.73 Å². The average Bonchev–Trinajstić information content (AvgIpc) is 2.74. The fraction of sp³-hybridized carbons (Fsp3) is 0.450. The first kappa shape index (κ1) is 23.0. The topological polar surface area (TPSA) is 174 Å². The Balaban J connectivity index is 1.86. The van der Waals surface area contributed by atoms with Crippen LogP contribution in [0.2, 0.25) is 0 Å². The molecule has 2 amide bonds. The minimum absolute atomic E-state index is 0.0589. The van der Waals surface area contributed by atoms with Crippen LogP contribution in [0.25, 0.3) is 0 Å². The molecule has 12 nitrogen and oxygen atoms in total. The van der Waals surface area contributed by atoms with Crippen molar-refractivity contribution in [2.75, 3.05) is 31.0 Å². The lowest BCUT2D eigenvalue weighted by Crippen LogP contribution is -2.52. The van der Waals surface area contributed by atoms with Gasteiger partial charge in [-0.2, -0.15) is 4.98 Å². The highest BCUT2D eigenvalue weighted by molar-refractivity contribution is 5.97. The van der Waals surface area contributed by atoms with E-state index in [9.17, 15) is 9.59 Å². The summed E-state index contributed by atoms with van der Waals surface area (Å²) in [4.78, 5) is 27.4. The van der Waals surface area contributed by atoms with Crippen molar-refractivity contribution >= 4 is 29.3 Å². The van der Waals surface area contributed by atoms with E-state index in [4.69, 9.17) is 20.3 Å². The third-order valence-corrected chi connectivity index (χ3v) is 4.99. The summed E-state index contributed by atoms with van der Waals surface area (Å²) in [5.41, 5.74) is 6.65. The highest BCUT2D eigenvalue weighted by atomic mass is 16.5. The van der Waals surface area contributed by atoms with E-state index in [0.29, 0.717) is 36.2 Å². The molecule has 6 N–H and O–H groups in total. The van der Waals surface area contributed by atoms with Crippen LogP contribution in [0.15, 0.2) is 18.2 Å². The van der Waals surface area contributed by atoms with Crippen LogP contribution in [0.4, 0.5) is 22.1 Å². The second kappa shape index (κ2) is 10.1. The molecule has 0 bridgehead atoms. The zero-order chi connectivity index (χ0) is 23.3. The molecule has 1 aliphatic rings. The summed E-state index contributed by atoms with van der Waals surface area (Å²) in [6.07, 6.45) is -0.586. The number of hydrogen-bond donors (Lipinski definition) is 5. The number of nitrogens with zero attached hydrogens (tertiary/aromatic N) is 3. The Kier molecular flexibility index (Phi) is 7.25. The van der Waals surface area contributed by atoms with E-state index in [0.717, 1.165) is 5.56 Å². The molecule has 3 rings (SSSR count). The summed E-state index contributed by atoms with van der Waals surface area (Å²) in [6, 6.07) is 4.49. The number of carbonyl (C=O) groups excluding carboxylic acids is 1. The van der Waals surface area contributed by atoms with Crippen molar-refractivity contribution in [2.45, 2.75) is 38.3 Å². The zero-order valence-corrected chi connectivity index (χ0v) is 18.1. The molecule has 1 saturated heterocycles. The smallest absolute Gasteiger partial charge is 0.405 e. The van der Waals surface area contributed by atoms with E-state index in [1.54, 1.807) is 12.1 Å². The SMILES string of the molecule is COc1nc(Nc2cc(N[C@@H]3CCOC[C@@H]3NC(=O)O)nnc2C(N)=O)ccc1C(C)C. The van der Waals surface area contributed by atoms with Crippen molar-refractivity contribution in [3.05, 3.63) is 29.5 Å². The van der Waals surface area contributed by atoms with Crippen molar-refractivity contribution in [1.29, 1.82) is 0 Å². The van der Waals surface area contributed by atoms with E-state index < -0.39 is 18.0 Å². The average molecular weight is 445 g/mol. The van der Waals surface area contributed by atoms with Gasteiger partial charge in [-0.1, -0.05) is 13.8 Å². The van der Waals surface area contributed by atoms with Crippen LogP contribution >= 0.6 is 0 Å². The van der Waals surface area contributed by atoms with E-state index in [1.165, 1.54) is 7.11 Å². The van der Waals surface area contributed by atoms with Crippen LogP contribution in [0, 0.1) is 0 Å². The van der Waals surface area contributed by atoms with Crippen molar-refractivity contribution in [3.8, 4) is 5.88 Å². The molecule has 0 saturated carbocycles. The molecule has 2 aromatic rings. The number of carbonyl (C=O) groups is 2. The number of ether oxygens (including phenoxy) is 2. The van der Waals surface area contributed by atoms with Gasteiger partial charge in [-0.3, -0.25) is 4.79 Å². The number of aromatic nitrogens is 3. The van der Waals surface area contributed by atoms with Gasteiger partial charge in [0.05, 0.1) is 31.5 Å². The van der Waals surface area contributed by atoms with Crippen LogP contribution < -0.4 is 26.4 Å². The highest BCUT2D eigenvalue weighted by Gasteiger charge is 2.28. The monoisotopic (exact) mass is 445 g/mol. The summed E-state index contributed by atoms with van der Waals surface area (Å²) in [5, 5.41) is 25.6. The molecule has 0 aliphatic carbocycles. The van der Waals surface area contributed by atoms with Gasteiger partial charge in [0.25, 0.3) is 5.91 Å². The van der Waals surface area contributed by atoms with Gasteiger partial charge < -0.3 is 36.3 Å². The van der Waals surface area contributed by atoms with Crippen LogP contribution in [-0.4, -0.2) is 64.7 Å². The largest absolute Gasteiger partial charge is 0.481 e. The first-order valence-electron chi connectivity index (χ1n) is 10.1. The van der Waals surface area contributed by atoms with Gasteiger partial charge in [-0.15, -0.1) is 10.2 Å². The summed E-state index contributed by atoms with van der Waals surface area (Å²) in [6.45, 7) is 4.77. The number of anilines is 3. The van der Waals surface area contributed by atoms with Gasteiger partial charge in [0, 0.05) is 18.2 Å². The minimum Gasteiger partial charge on any atom is -0.481 e. The van der Waals surface area contributed by atoms with Gasteiger partial charge in [0.2, 0.25) is 5.88 Å².